The van der Waals surface area contributed by atoms with Gasteiger partial charge in [-0.2, -0.15) is 0 Å². The molecule has 0 atom stereocenters. The number of benzene rings is 3. The first kappa shape index (κ1) is 21.2. The van der Waals surface area contributed by atoms with Gasteiger partial charge < -0.3 is 14.8 Å². The number of carbonyl (C=O) groups is 1. The molecule has 0 aliphatic rings. The number of anilines is 2. The Morgan fingerprint density at radius 1 is 0.867 bits per heavy atom. The lowest BCUT2D eigenvalue weighted by molar-refractivity contribution is 0.102. The Kier molecular flexibility index (Phi) is 6.58. The van der Waals surface area contributed by atoms with Crippen molar-refractivity contribution < 1.29 is 22.7 Å². The lowest BCUT2D eigenvalue weighted by atomic mass is 10.2. The van der Waals surface area contributed by atoms with Crippen LogP contribution in [-0.2, 0) is 10.0 Å². The summed E-state index contributed by atoms with van der Waals surface area (Å²) in [5.41, 5.74) is 1.24. The highest BCUT2D eigenvalue weighted by molar-refractivity contribution is 7.92. The van der Waals surface area contributed by atoms with E-state index in [9.17, 15) is 13.2 Å². The molecule has 7 nitrogen and oxygen atoms in total. The Hall–Kier alpha value is -3.52. The average Bonchev–Trinajstić information content (AvgIpc) is 2.70. The topological polar surface area (TPSA) is 93.7 Å². The minimum absolute atomic E-state index is 0.323. The molecule has 8 heteroatoms. The summed E-state index contributed by atoms with van der Waals surface area (Å²) < 4.78 is 36.2. The number of nitrogens with one attached hydrogen (secondary N) is 2. The molecular weight excluding hydrogens is 404 g/mol. The summed E-state index contributed by atoms with van der Waals surface area (Å²) in [5.74, 6) is 1.72. The zero-order valence-electron chi connectivity index (χ0n) is 16.6. The first-order valence-electron chi connectivity index (χ1n) is 9.22. The van der Waals surface area contributed by atoms with Crippen molar-refractivity contribution in [2.75, 3.05) is 22.9 Å². The van der Waals surface area contributed by atoms with Crippen LogP contribution in [0.1, 0.15) is 17.3 Å². The van der Waals surface area contributed by atoms with E-state index < -0.39 is 10.0 Å². The molecule has 0 spiro atoms. The van der Waals surface area contributed by atoms with Crippen molar-refractivity contribution in [1.29, 1.82) is 0 Å². The summed E-state index contributed by atoms with van der Waals surface area (Å²) in [6.45, 7) is 2.53. The Morgan fingerprint density at radius 3 is 2.07 bits per heavy atom. The summed E-state index contributed by atoms with van der Waals surface area (Å²) in [5, 5.41) is 2.77. The van der Waals surface area contributed by atoms with E-state index in [4.69, 9.17) is 9.47 Å². The van der Waals surface area contributed by atoms with Gasteiger partial charge in [-0.25, -0.2) is 8.42 Å². The van der Waals surface area contributed by atoms with Gasteiger partial charge in [0.1, 0.15) is 17.2 Å². The highest BCUT2D eigenvalue weighted by Crippen LogP contribution is 2.25. The quantitative estimate of drug-likeness (QED) is 0.553. The predicted molar refractivity (Wildman–Crippen MR) is 117 cm³/mol. The molecule has 0 heterocycles. The van der Waals surface area contributed by atoms with Gasteiger partial charge in [-0.05, 0) is 73.7 Å². The largest absolute Gasteiger partial charge is 0.494 e. The summed E-state index contributed by atoms with van der Waals surface area (Å²) >= 11 is 0. The van der Waals surface area contributed by atoms with Gasteiger partial charge in [0.05, 0.1) is 12.9 Å². The van der Waals surface area contributed by atoms with Gasteiger partial charge >= 0.3 is 0 Å². The van der Waals surface area contributed by atoms with E-state index in [1.54, 1.807) is 42.5 Å². The number of carbonyl (C=O) groups excluding carboxylic acids is 1. The second kappa shape index (κ2) is 9.32. The van der Waals surface area contributed by atoms with Crippen LogP contribution in [0.3, 0.4) is 0 Å². The molecule has 0 aromatic heterocycles. The Bertz CT molecular complexity index is 1110. The average molecular weight is 426 g/mol. The summed E-state index contributed by atoms with van der Waals surface area (Å²) in [7, 11) is -3.42. The van der Waals surface area contributed by atoms with Crippen LogP contribution in [0, 0.1) is 0 Å². The Balaban J connectivity index is 1.62. The predicted octanol–water partition coefficient (Wildman–Crippen LogP) is 4.50. The standard InChI is InChI=1S/C22H22N2O5S/c1-3-28-19-11-13-21(14-12-19)29-20-9-7-17(8-10-20)23-22(25)16-5-4-6-18(15-16)24-30(2,26)27/h4-15,24H,3H2,1-2H3,(H,23,25). The van der Waals surface area contributed by atoms with Gasteiger partial charge in [0.15, 0.2) is 0 Å². The van der Waals surface area contributed by atoms with Crippen molar-refractivity contribution in [3.05, 3.63) is 78.4 Å². The van der Waals surface area contributed by atoms with Crippen LogP contribution in [0.15, 0.2) is 72.8 Å². The molecule has 1 amide bonds. The van der Waals surface area contributed by atoms with E-state index in [0.717, 1.165) is 12.0 Å². The van der Waals surface area contributed by atoms with Gasteiger partial charge in [-0.3, -0.25) is 9.52 Å². The monoisotopic (exact) mass is 426 g/mol. The fourth-order valence-corrected chi connectivity index (χ4v) is 3.21. The molecule has 0 bridgehead atoms. The van der Waals surface area contributed by atoms with Crippen LogP contribution in [0.25, 0.3) is 0 Å². The van der Waals surface area contributed by atoms with Crippen LogP contribution < -0.4 is 19.5 Å². The maximum absolute atomic E-state index is 12.5. The van der Waals surface area contributed by atoms with Crippen molar-refractivity contribution in [2.24, 2.45) is 0 Å². The fraction of sp³-hybridized carbons (Fsp3) is 0.136. The molecule has 3 rings (SSSR count). The second-order valence-electron chi connectivity index (χ2n) is 6.44. The van der Waals surface area contributed by atoms with Crippen molar-refractivity contribution in [2.45, 2.75) is 6.92 Å². The van der Waals surface area contributed by atoms with Gasteiger partial charge in [0, 0.05) is 16.9 Å². The third-order valence-electron chi connectivity index (χ3n) is 3.91. The maximum atomic E-state index is 12.5. The Morgan fingerprint density at radius 2 is 1.47 bits per heavy atom. The van der Waals surface area contributed by atoms with Crippen LogP contribution in [0.4, 0.5) is 11.4 Å². The molecule has 0 saturated carbocycles. The van der Waals surface area contributed by atoms with E-state index in [2.05, 4.69) is 10.0 Å². The van der Waals surface area contributed by atoms with Gasteiger partial charge in [-0.1, -0.05) is 6.07 Å². The Labute approximate surface area is 175 Å². The van der Waals surface area contributed by atoms with E-state index in [0.29, 0.717) is 35.0 Å². The summed E-state index contributed by atoms with van der Waals surface area (Å²) in [6.07, 6.45) is 1.05. The molecule has 0 fully saturated rings. The SMILES string of the molecule is CCOc1ccc(Oc2ccc(NC(=O)c3cccc(NS(C)(=O)=O)c3)cc2)cc1. The van der Waals surface area contributed by atoms with Crippen LogP contribution >= 0.6 is 0 Å². The molecule has 0 saturated heterocycles. The number of rotatable bonds is 8. The second-order valence-corrected chi connectivity index (χ2v) is 8.19. The fourth-order valence-electron chi connectivity index (χ4n) is 2.65. The molecule has 0 aliphatic carbocycles. The third kappa shape index (κ3) is 6.25. The molecule has 3 aromatic carbocycles. The minimum Gasteiger partial charge on any atom is -0.494 e. The van der Waals surface area contributed by atoms with E-state index in [-0.39, 0.29) is 5.91 Å². The van der Waals surface area contributed by atoms with Gasteiger partial charge in [0.25, 0.3) is 5.91 Å². The van der Waals surface area contributed by atoms with Crippen molar-refractivity contribution in [3.8, 4) is 17.2 Å². The first-order chi connectivity index (χ1) is 14.3. The summed E-state index contributed by atoms with van der Waals surface area (Å²) in [6, 6.07) is 20.5. The highest BCUT2D eigenvalue weighted by Gasteiger charge is 2.09. The van der Waals surface area contributed by atoms with Crippen molar-refractivity contribution >= 4 is 27.3 Å². The normalized spacial score (nSPS) is 10.9. The molecule has 3 aromatic rings. The number of hydrogen-bond acceptors (Lipinski definition) is 5. The van der Waals surface area contributed by atoms with Crippen molar-refractivity contribution in [1.82, 2.24) is 0 Å². The van der Waals surface area contributed by atoms with Crippen LogP contribution in [0.5, 0.6) is 17.2 Å². The summed E-state index contributed by atoms with van der Waals surface area (Å²) in [4.78, 5) is 12.5. The van der Waals surface area contributed by atoms with E-state index in [1.807, 2.05) is 31.2 Å². The van der Waals surface area contributed by atoms with Crippen LogP contribution in [0.2, 0.25) is 0 Å². The maximum Gasteiger partial charge on any atom is 0.255 e. The number of ether oxygens (including phenoxy) is 2. The number of amides is 1. The van der Waals surface area contributed by atoms with Gasteiger partial charge in [-0.15, -0.1) is 0 Å². The number of hydrogen-bond donors (Lipinski definition) is 2. The van der Waals surface area contributed by atoms with E-state index >= 15 is 0 Å². The lowest BCUT2D eigenvalue weighted by Crippen LogP contribution is -2.13. The third-order valence-corrected chi connectivity index (χ3v) is 4.52. The lowest BCUT2D eigenvalue weighted by Gasteiger charge is -2.10. The molecular formula is C22H22N2O5S. The van der Waals surface area contributed by atoms with E-state index in [1.165, 1.54) is 6.07 Å². The molecule has 30 heavy (non-hydrogen) atoms. The zero-order chi connectivity index (χ0) is 21.6. The highest BCUT2D eigenvalue weighted by atomic mass is 32.2. The molecule has 0 radical (unpaired) electrons. The molecule has 156 valence electrons. The molecule has 2 N–H and O–H groups in total. The van der Waals surface area contributed by atoms with Crippen molar-refractivity contribution in [3.63, 3.8) is 0 Å². The zero-order valence-corrected chi connectivity index (χ0v) is 17.4. The number of sulfonamides is 1. The molecule has 0 aliphatic heterocycles. The minimum atomic E-state index is -3.42. The first-order valence-corrected chi connectivity index (χ1v) is 11.1. The molecule has 0 unspecified atom stereocenters. The smallest absolute Gasteiger partial charge is 0.255 e. The van der Waals surface area contributed by atoms with Gasteiger partial charge in [0.2, 0.25) is 10.0 Å². The van der Waals surface area contributed by atoms with Crippen LogP contribution in [-0.4, -0.2) is 27.2 Å².